The van der Waals surface area contributed by atoms with E-state index < -0.39 is 0 Å². The number of nitriles is 1. The van der Waals surface area contributed by atoms with Gasteiger partial charge in [0.05, 0.1) is 18.1 Å². The third-order valence-corrected chi connectivity index (χ3v) is 2.54. The minimum absolute atomic E-state index is 0.0490. The van der Waals surface area contributed by atoms with Gasteiger partial charge in [0.25, 0.3) is 5.91 Å². The lowest BCUT2D eigenvalue weighted by atomic mass is 10.1. The number of Topliss-reactive ketones (excluding diaryl/α,β-unsaturated/α-hetero) is 1. The molecule has 1 N–H and O–H groups in total. The topological polar surface area (TPSA) is 88.4 Å². The van der Waals surface area contributed by atoms with Gasteiger partial charge in [-0.25, -0.2) is 0 Å². The number of rotatable bonds is 5. The van der Waals surface area contributed by atoms with Crippen molar-refractivity contribution in [3.8, 4) is 17.6 Å². The summed E-state index contributed by atoms with van der Waals surface area (Å²) in [7, 11) is 0. The van der Waals surface area contributed by atoms with Gasteiger partial charge in [-0.1, -0.05) is 0 Å². The molecular formula is C13H12N2O4. The molecule has 1 aromatic carbocycles. The molecule has 6 heteroatoms. The summed E-state index contributed by atoms with van der Waals surface area (Å²) in [5, 5.41) is 10.9. The van der Waals surface area contributed by atoms with Gasteiger partial charge in [0.15, 0.2) is 13.2 Å². The first-order valence-electron chi connectivity index (χ1n) is 5.77. The van der Waals surface area contributed by atoms with E-state index in [4.69, 9.17) is 14.7 Å². The molecule has 1 heterocycles. The van der Waals surface area contributed by atoms with Crippen LogP contribution in [0.25, 0.3) is 0 Å². The van der Waals surface area contributed by atoms with E-state index in [1.54, 1.807) is 18.2 Å². The summed E-state index contributed by atoms with van der Waals surface area (Å²) in [5.74, 6) is 0.583. The fourth-order valence-corrected chi connectivity index (χ4v) is 1.62. The Kier molecular flexibility index (Phi) is 3.98. The van der Waals surface area contributed by atoms with Crippen LogP contribution in [0.1, 0.15) is 16.8 Å². The predicted octanol–water partition coefficient (Wildman–Crippen LogP) is 0.670. The average molecular weight is 260 g/mol. The van der Waals surface area contributed by atoms with E-state index in [9.17, 15) is 9.59 Å². The number of carbonyl (C=O) groups is 2. The highest BCUT2D eigenvalue weighted by molar-refractivity contribution is 6.02. The number of hydrogen-bond donors (Lipinski definition) is 1. The van der Waals surface area contributed by atoms with Crippen LogP contribution in [0.4, 0.5) is 0 Å². The quantitative estimate of drug-likeness (QED) is 0.786. The van der Waals surface area contributed by atoms with E-state index in [2.05, 4.69) is 5.32 Å². The molecule has 0 fully saturated rings. The lowest BCUT2D eigenvalue weighted by Gasteiger charge is -2.07. The van der Waals surface area contributed by atoms with E-state index >= 15 is 0 Å². The summed E-state index contributed by atoms with van der Waals surface area (Å²) < 4.78 is 10.4. The Morgan fingerprint density at radius 1 is 1.53 bits per heavy atom. The maximum atomic E-state index is 11.3. The normalized spacial score (nSPS) is 12.3. The van der Waals surface area contributed by atoms with Crippen LogP contribution in [0.2, 0.25) is 0 Å². The van der Waals surface area contributed by atoms with Crippen LogP contribution < -0.4 is 14.8 Å². The first kappa shape index (κ1) is 12.9. The Bertz CT molecular complexity index is 548. The number of fused-ring (bicyclic) bond motifs is 1. The van der Waals surface area contributed by atoms with Crippen molar-refractivity contribution >= 4 is 11.7 Å². The minimum atomic E-state index is -0.298. The van der Waals surface area contributed by atoms with Gasteiger partial charge in [0.1, 0.15) is 11.5 Å². The smallest absolute Gasteiger partial charge is 0.257 e. The highest BCUT2D eigenvalue weighted by Gasteiger charge is 2.21. The van der Waals surface area contributed by atoms with Gasteiger partial charge in [0, 0.05) is 12.6 Å². The molecule has 1 aromatic rings. The lowest BCUT2D eigenvalue weighted by Crippen LogP contribution is -2.29. The third-order valence-electron chi connectivity index (χ3n) is 2.54. The molecule has 0 unspecified atom stereocenters. The SMILES string of the molecule is N#CCCNC(=O)COc1ccc2c(c1)OCC2=O. The van der Waals surface area contributed by atoms with Gasteiger partial charge in [0.2, 0.25) is 5.78 Å². The number of hydrogen-bond acceptors (Lipinski definition) is 5. The number of nitrogens with one attached hydrogen (secondary N) is 1. The Morgan fingerprint density at radius 3 is 3.16 bits per heavy atom. The molecule has 1 aliphatic rings. The molecule has 0 atom stereocenters. The molecular weight excluding hydrogens is 248 g/mol. The van der Waals surface area contributed by atoms with Crippen molar-refractivity contribution in [1.82, 2.24) is 5.32 Å². The molecule has 1 amide bonds. The van der Waals surface area contributed by atoms with Crippen molar-refractivity contribution < 1.29 is 19.1 Å². The second kappa shape index (κ2) is 5.87. The van der Waals surface area contributed by atoms with Crippen LogP contribution in [-0.4, -0.2) is 31.4 Å². The maximum Gasteiger partial charge on any atom is 0.257 e. The van der Waals surface area contributed by atoms with Crippen LogP contribution in [0.15, 0.2) is 18.2 Å². The molecule has 0 saturated heterocycles. The number of carbonyl (C=O) groups excluding carboxylic acids is 2. The van der Waals surface area contributed by atoms with Crippen molar-refractivity contribution in [3.05, 3.63) is 23.8 Å². The van der Waals surface area contributed by atoms with Crippen LogP contribution >= 0.6 is 0 Å². The summed E-state index contributed by atoms with van der Waals surface area (Å²) in [4.78, 5) is 22.7. The van der Waals surface area contributed by atoms with Crippen molar-refractivity contribution in [1.29, 1.82) is 5.26 Å². The number of amides is 1. The zero-order chi connectivity index (χ0) is 13.7. The number of ketones is 1. The number of ether oxygens (including phenoxy) is 2. The maximum absolute atomic E-state index is 11.3. The molecule has 6 nitrogen and oxygen atoms in total. The van der Waals surface area contributed by atoms with Gasteiger partial charge in [-0.2, -0.15) is 5.26 Å². The summed E-state index contributed by atoms with van der Waals surface area (Å²) in [6.45, 7) is 0.214. The first-order chi connectivity index (χ1) is 9.20. The molecule has 98 valence electrons. The highest BCUT2D eigenvalue weighted by Crippen LogP contribution is 2.29. The third kappa shape index (κ3) is 3.22. The second-order valence-corrected chi connectivity index (χ2v) is 3.92. The van der Waals surface area contributed by atoms with E-state index in [1.165, 1.54) is 0 Å². The average Bonchev–Trinajstić information content (AvgIpc) is 2.78. The molecule has 0 bridgehead atoms. The van der Waals surface area contributed by atoms with Gasteiger partial charge >= 0.3 is 0 Å². The van der Waals surface area contributed by atoms with Gasteiger partial charge < -0.3 is 14.8 Å². The number of nitrogens with zero attached hydrogens (tertiary/aromatic N) is 1. The Labute approximate surface area is 109 Å². The molecule has 0 saturated carbocycles. The summed E-state index contributed by atoms with van der Waals surface area (Å²) in [5.41, 5.74) is 0.533. The standard InChI is InChI=1S/C13H12N2O4/c14-4-1-5-15-13(17)8-18-9-2-3-10-11(16)7-19-12(10)6-9/h2-3,6H,1,5,7-8H2,(H,15,17). The van der Waals surface area contributed by atoms with Crippen molar-refractivity contribution in [3.63, 3.8) is 0 Å². The molecule has 0 radical (unpaired) electrons. The zero-order valence-electron chi connectivity index (χ0n) is 10.1. The molecule has 0 aliphatic carbocycles. The minimum Gasteiger partial charge on any atom is -0.485 e. The molecule has 1 aliphatic heterocycles. The predicted molar refractivity (Wildman–Crippen MR) is 65.0 cm³/mol. The van der Waals surface area contributed by atoms with Crippen LogP contribution in [0.3, 0.4) is 0 Å². The van der Waals surface area contributed by atoms with Crippen LogP contribution in [0.5, 0.6) is 11.5 Å². The summed E-state index contributed by atoms with van der Waals surface area (Å²) >= 11 is 0. The summed E-state index contributed by atoms with van der Waals surface area (Å²) in [6, 6.07) is 6.75. The highest BCUT2D eigenvalue weighted by atomic mass is 16.5. The Hall–Kier alpha value is -2.55. The van der Waals surface area contributed by atoms with Gasteiger partial charge in [-0.05, 0) is 12.1 Å². The fourth-order valence-electron chi connectivity index (χ4n) is 1.62. The summed E-state index contributed by atoms with van der Waals surface area (Å²) in [6.07, 6.45) is 0.264. The van der Waals surface area contributed by atoms with Crippen LogP contribution in [0, 0.1) is 11.3 Å². The second-order valence-electron chi connectivity index (χ2n) is 3.92. The van der Waals surface area contributed by atoms with E-state index in [0.29, 0.717) is 23.6 Å². The largest absolute Gasteiger partial charge is 0.485 e. The molecule has 19 heavy (non-hydrogen) atoms. The lowest BCUT2D eigenvalue weighted by molar-refractivity contribution is -0.123. The Morgan fingerprint density at radius 2 is 2.37 bits per heavy atom. The number of benzene rings is 1. The van der Waals surface area contributed by atoms with Crippen molar-refractivity contribution in [2.75, 3.05) is 19.8 Å². The molecule has 2 rings (SSSR count). The van der Waals surface area contributed by atoms with Crippen LogP contribution in [-0.2, 0) is 4.79 Å². The van der Waals surface area contributed by atoms with Gasteiger partial charge in [-0.15, -0.1) is 0 Å². The van der Waals surface area contributed by atoms with Gasteiger partial charge in [-0.3, -0.25) is 9.59 Å². The van der Waals surface area contributed by atoms with E-state index in [-0.39, 0.29) is 31.3 Å². The fraction of sp³-hybridized carbons (Fsp3) is 0.308. The molecule has 0 aromatic heterocycles. The van der Waals surface area contributed by atoms with E-state index in [1.807, 2.05) is 6.07 Å². The monoisotopic (exact) mass is 260 g/mol. The molecule has 0 spiro atoms. The van der Waals surface area contributed by atoms with Crippen molar-refractivity contribution in [2.45, 2.75) is 6.42 Å². The van der Waals surface area contributed by atoms with Crippen molar-refractivity contribution in [2.24, 2.45) is 0 Å². The first-order valence-corrected chi connectivity index (χ1v) is 5.77. The van der Waals surface area contributed by atoms with E-state index in [0.717, 1.165) is 0 Å². The Balaban J connectivity index is 1.86. The zero-order valence-corrected chi connectivity index (χ0v) is 10.1.